The number of aromatic amines is 1. The molecule has 0 saturated heterocycles. The fourth-order valence-corrected chi connectivity index (χ4v) is 7.88. The molecule has 10 heteroatoms. The van der Waals surface area contributed by atoms with E-state index in [1.807, 2.05) is 30.3 Å². The second-order valence-electron chi connectivity index (χ2n) is 14.0. The fourth-order valence-electron chi connectivity index (χ4n) is 6.95. The van der Waals surface area contributed by atoms with E-state index in [4.69, 9.17) is 4.98 Å². The van der Waals surface area contributed by atoms with E-state index in [9.17, 15) is 24.9 Å². The van der Waals surface area contributed by atoms with Gasteiger partial charge in [-0.1, -0.05) is 45.0 Å². The zero-order valence-corrected chi connectivity index (χ0v) is 27.4. The van der Waals surface area contributed by atoms with Crippen LogP contribution in [0.2, 0.25) is 0 Å². The normalized spacial score (nSPS) is 23.7. The molecular formula is C36H44N4O5S. The minimum Gasteiger partial charge on any atom is -0.396 e. The Morgan fingerprint density at radius 1 is 1.09 bits per heavy atom. The molecule has 0 spiro atoms. The second kappa shape index (κ2) is 13.4. The number of carbonyl (C=O) groups is 1. The van der Waals surface area contributed by atoms with Crippen LogP contribution in [-0.2, 0) is 12.8 Å². The van der Waals surface area contributed by atoms with Crippen molar-refractivity contribution in [1.82, 2.24) is 20.6 Å². The molecule has 6 atom stereocenters. The molecule has 2 aliphatic rings. The van der Waals surface area contributed by atoms with Crippen molar-refractivity contribution < 1.29 is 20.1 Å². The Labute approximate surface area is 273 Å². The molecule has 1 saturated carbocycles. The molecule has 0 aliphatic heterocycles. The summed E-state index contributed by atoms with van der Waals surface area (Å²) < 4.78 is 0. The predicted octanol–water partition coefficient (Wildman–Crippen LogP) is 4.36. The van der Waals surface area contributed by atoms with Crippen LogP contribution in [0.1, 0.15) is 72.6 Å². The molecular weight excluding hydrogens is 600 g/mol. The lowest BCUT2D eigenvalue weighted by Gasteiger charge is -2.34. The summed E-state index contributed by atoms with van der Waals surface area (Å²) in [7, 11) is 0. The number of nitrogens with one attached hydrogen (secondary N) is 3. The van der Waals surface area contributed by atoms with Gasteiger partial charge in [0.05, 0.1) is 23.1 Å². The van der Waals surface area contributed by atoms with Crippen molar-refractivity contribution >= 4 is 27.5 Å². The number of fused-ring (bicyclic) bond motifs is 2. The third-order valence-corrected chi connectivity index (χ3v) is 11.0. The van der Waals surface area contributed by atoms with E-state index in [-0.39, 0.29) is 41.5 Å². The van der Waals surface area contributed by atoms with Gasteiger partial charge in [0.25, 0.3) is 5.91 Å². The highest BCUT2D eigenvalue weighted by atomic mass is 32.1. The number of thiophene rings is 1. The van der Waals surface area contributed by atoms with Gasteiger partial charge in [-0.05, 0) is 90.4 Å². The van der Waals surface area contributed by atoms with Gasteiger partial charge in [-0.15, -0.1) is 11.3 Å². The van der Waals surface area contributed by atoms with Gasteiger partial charge in [0.1, 0.15) is 4.83 Å². The third kappa shape index (κ3) is 6.96. The number of aryl methyl sites for hydroxylation is 1. The summed E-state index contributed by atoms with van der Waals surface area (Å²) in [5.74, 6) is 0.0729. The Balaban J connectivity index is 1.20. The molecule has 9 nitrogen and oxygen atoms in total. The lowest BCUT2D eigenvalue weighted by atomic mass is 9.71. The minimum atomic E-state index is -0.968. The first-order chi connectivity index (χ1) is 22.0. The van der Waals surface area contributed by atoms with Crippen molar-refractivity contribution in [2.45, 2.75) is 77.2 Å². The van der Waals surface area contributed by atoms with Crippen molar-refractivity contribution in [2.24, 2.45) is 17.3 Å². The molecule has 0 unspecified atom stereocenters. The number of aliphatic hydroxyl groups is 3. The molecule has 244 valence electrons. The molecule has 6 rings (SSSR count). The summed E-state index contributed by atoms with van der Waals surface area (Å²) >= 11 is 1.42. The summed E-state index contributed by atoms with van der Waals surface area (Å²) in [5.41, 5.74) is 5.26. The number of hydrogen-bond donors (Lipinski definition) is 6. The number of aromatic nitrogens is 2. The molecule has 1 fully saturated rings. The highest BCUT2D eigenvalue weighted by molar-refractivity contribution is 7.20. The van der Waals surface area contributed by atoms with Gasteiger partial charge in [0.15, 0.2) is 0 Å². The van der Waals surface area contributed by atoms with Gasteiger partial charge in [-0.2, -0.15) is 0 Å². The van der Waals surface area contributed by atoms with Crippen LogP contribution in [0.15, 0.2) is 59.5 Å². The van der Waals surface area contributed by atoms with E-state index in [2.05, 4.69) is 42.5 Å². The van der Waals surface area contributed by atoms with E-state index < -0.39 is 12.2 Å². The van der Waals surface area contributed by atoms with Crippen molar-refractivity contribution in [2.75, 3.05) is 13.2 Å². The number of pyridine rings is 2. The van der Waals surface area contributed by atoms with Crippen molar-refractivity contribution in [1.29, 1.82) is 0 Å². The average Bonchev–Trinajstić information content (AvgIpc) is 3.58. The standard InChI is InChI=1S/C36H44N4O5S/c1-36(2,3)26-9-10-27-23(15-26)14-24-17-30(46-35(24)40-27)34(45)39-28(12-13-37-29-16-25(19-41)32(43)33(29)44)21-6-4-20(5-7-21)22-8-11-31(42)38-18-22/h4-8,11,14,17-18,25-26,28-29,32-33,37,41,43-44H,9-10,12-13,15-16,19H2,1-3H3,(H,38,42)(H,39,45)/t25-,26+,28-,29-,32-,33+/m1/s1. The number of carbonyl (C=O) groups excluding carboxylic acids is 1. The van der Waals surface area contributed by atoms with Gasteiger partial charge < -0.3 is 30.9 Å². The van der Waals surface area contributed by atoms with Crippen molar-refractivity contribution in [3.63, 3.8) is 0 Å². The van der Waals surface area contributed by atoms with Crippen LogP contribution in [-0.4, -0.2) is 62.6 Å². The zero-order valence-electron chi connectivity index (χ0n) is 26.6. The average molecular weight is 645 g/mol. The predicted molar refractivity (Wildman–Crippen MR) is 181 cm³/mol. The maximum Gasteiger partial charge on any atom is 0.261 e. The zero-order chi connectivity index (χ0) is 32.6. The van der Waals surface area contributed by atoms with Gasteiger partial charge in [0.2, 0.25) is 5.56 Å². The number of aliphatic hydroxyl groups excluding tert-OH is 3. The Morgan fingerprint density at radius 2 is 1.85 bits per heavy atom. The molecule has 2 aliphatic carbocycles. The molecule has 1 aromatic carbocycles. The van der Waals surface area contributed by atoms with Crippen LogP contribution in [0.4, 0.5) is 0 Å². The number of H-pyrrole nitrogens is 1. The molecule has 0 bridgehead atoms. The Bertz CT molecular complexity index is 1720. The monoisotopic (exact) mass is 644 g/mol. The Kier molecular flexibility index (Phi) is 9.45. The Hall–Kier alpha value is -3.41. The van der Waals surface area contributed by atoms with Gasteiger partial charge in [-0.25, -0.2) is 4.98 Å². The van der Waals surface area contributed by atoms with E-state index >= 15 is 0 Å². The Morgan fingerprint density at radius 3 is 2.52 bits per heavy atom. The van der Waals surface area contributed by atoms with Gasteiger partial charge in [-0.3, -0.25) is 9.59 Å². The lowest BCUT2D eigenvalue weighted by Crippen LogP contribution is -2.41. The summed E-state index contributed by atoms with van der Waals surface area (Å²) in [6.45, 7) is 7.21. The van der Waals surface area contributed by atoms with Crippen molar-refractivity contribution in [3.05, 3.63) is 86.8 Å². The van der Waals surface area contributed by atoms with Crippen LogP contribution < -0.4 is 16.2 Å². The molecule has 4 aromatic rings. The fraction of sp³-hybridized carbons (Fsp3) is 0.472. The van der Waals surface area contributed by atoms with Crippen molar-refractivity contribution in [3.8, 4) is 11.1 Å². The quantitative estimate of drug-likeness (QED) is 0.159. The first-order valence-corrected chi connectivity index (χ1v) is 17.0. The summed E-state index contributed by atoms with van der Waals surface area (Å²) in [5, 5.41) is 37.8. The minimum absolute atomic E-state index is 0.161. The molecule has 0 radical (unpaired) electrons. The maximum atomic E-state index is 13.7. The first-order valence-electron chi connectivity index (χ1n) is 16.2. The first kappa shape index (κ1) is 32.5. The number of amides is 1. The topological polar surface area (TPSA) is 148 Å². The number of benzene rings is 1. The van der Waals surface area contributed by atoms with Gasteiger partial charge >= 0.3 is 0 Å². The second-order valence-corrected chi connectivity index (χ2v) is 15.0. The van der Waals surface area contributed by atoms with Crippen LogP contribution in [0.5, 0.6) is 0 Å². The van der Waals surface area contributed by atoms with E-state index in [0.29, 0.717) is 30.2 Å². The summed E-state index contributed by atoms with van der Waals surface area (Å²) in [4.78, 5) is 34.4. The summed E-state index contributed by atoms with van der Waals surface area (Å²) in [6, 6.07) is 14.7. The molecule has 1 amide bonds. The highest BCUT2D eigenvalue weighted by Gasteiger charge is 2.40. The number of hydrogen-bond acceptors (Lipinski definition) is 8. The van der Waals surface area contributed by atoms with Gasteiger partial charge in [0, 0.05) is 41.9 Å². The van der Waals surface area contributed by atoms with E-state index in [1.165, 1.54) is 23.0 Å². The maximum absolute atomic E-state index is 13.7. The number of rotatable bonds is 9. The molecule has 46 heavy (non-hydrogen) atoms. The highest BCUT2D eigenvalue weighted by Crippen LogP contribution is 2.38. The molecule has 3 aromatic heterocycles. The van der Waals surface area contributed by atoms with Crippen LogP contribution in [0.3, 0.4) is 0 Å². The largest absolute Gasteiger partial charge is 0.396 e. The van der Waals surface area contributed by atoms with E-state index in [1.54, 1.807) is 12.3 Å². The summed E-state index contributed by atoms with van der Waals surface area (Å²) in [6.07, 6.45) is 3.86. The molecule has 6 N–H and O–H groups in total. The van der Waals surface area contributed by atoms with Crippen LogP contribution >= 0.6 is 11.3 Å². The SMILES string of the molecule is CC(C)(C)[C@H]1CCc2nc3sc(C(=O)N[C@H](CCN[C@@H]4C[C@H](CO)[C@@H](O)[C@H]4O)c4ccc(-c5ccc(=O)[nH]c5)cc4)cc3cc2C1. The lowest BCUT2D eigenvalue weighted by molar-refractivity contribution is -0.000209. The van der Waals surface area contributed by atoms with Crippen LogP contribution in [0.25, 0.3) is 21.3 Å². The van der Waals surface area contributed by atoms with Crippen LogP contribution in [0, 0.1) is 17.3 Å². The smallest absolute Gasteiger partial charge is 0.261 e. The number of nitrogens with zero attached hydrogens (tertiary/aromatic N) is 1. The third-order valence-electron chi connectivity index (χ3n) is 9.93. The molecule has 3 heterocycles. The van der Waals surface area contributed by atoms with E-state index in [0.717, 1.165) is 51.9 Å².